The van der Waals surface area contributed by atoms with Crippen molar-refractivity contribution in [1.29, 1.82) is 0 Å². The fourth-order valence-corrected chi connectivity index (χ4v) is 5.15. The van der Waals surface area contributed by atoms with Crippen LogP contribution in [0.1, 0.15) is 5.82 Å². The summed E-state index contributed by atoms with van der Waals surface area (Å²) in [6.45, 7) is -3.04. The zero-order valence-electron chi connectivity index (χ0n) is 17.0. The maximum Gasteiger partial charge on any atom is 0.407 e. The molecular formula is C18H16F2N7O5S2+. The number of hydrogen-bond acceptors (Lipinski definition) is 10. The van der Waals surface area contributed by atoms with Crippen molar-refractivity contribution < 1.29 is 37.7 Å². The zero-order valence-corrected chi connectivity index (χ0v) is 18.6. The van der Waals surface area contributed by atoms with Crippen molar-refractivity contribution in [3.63, 3.8) is 0 Å². The van der Waals surface area contributed by atoms with E-state index in [1.807, 2.05) is 6.07 Å². The number of β-lactam (4-membered cyclic amide) rings is 1. The van der Waals surface area contributed by atoms with Crippen LogP contribution < -0.4 is 15.6 Å². The van der Waals surface area contributed by atoms with Crippen molar-refractivity contribution in [1.82, 2.24) is 19.6 Å². The van der Waals surface area contributed by atoms with Crippen molar-refractivity contribution >= 4 is 51.9 Å². The molecule has 1 fully saturated rings. The number of nitrogen functional groups attached to an aromatic ring is 1. The Morgan fingerprint density at radius 2 is 2.12 bits per heavy atom. The molecule has 0 radical (unpaired) electrons. The molecule has 1 saturated heterocycles. The molecule has 12 nitrogen and oxygen atoms in total. The topological polar surface area (TPSA) is 164 Å². The van der Waals surface area contributed by atoms with Gasteiger partial charge in [0.2, 0.25) is 11.5 Å². The van der Waals surface area contributed by atoms with Crippen molar-refractivity contribution in [3.05, 3.63) is 47.7 Å². The lowest BCUT2D eigenvalue weighted by Crippen LogP contribution is -2.71. The smallest absolute Gasteiger partial charge is 0.407 e. The number of oxime groups is 1. The maximum absolute atomic E-state index is 12.8. The normalized spacial score (nSPS) is 20.1. The number of anilines is 1. The quantitative estimate of drug-likeness (QED) is 0.188. The first-order chi connectivity index (χ1) is 16.3. The van der Waals surface area contributed by atoms with Crippen molar-refractivity contribution in [2.75, 3.05) is 11.5 Å². The summed E-state index contributed by atoms with van der Waals surface area (Å²) in [7, 11) is 0. The van der Waals surface area contributed by atoms with Crippen molar-refractivity contribution in [2.24, 2.45) is 5.16 Å². The van der Waals surface area contributed by atoms with Gasteiger partial charge in [0.15, 0.2) is 24.1 Å². The summed E-state index contributed by atoms with van der Waals surface area (Å²) in [4.78, 5) is 46.2. The number of nitrogens with two attached hydrogens (primary N) is 1. The molecule has 2 aromatic rings. The number of hydrogen-bond donors (Lipinski definition) is 3. The van der Waals surface area contributed by atoms with E-state index >= 15 is 0 Å². The van der Waals surface area contributed by atoms with Gasteiger partial charge in [-0.15, -0.1) is 11.8 Å². The molecule has 2 amide bonds. The van der Waals surface area contributed by atoms with Gasteiger partial charge in [0.05, 0.1) is 0 Å². The molecule has 2 aliphatic rings. The molecular weight excluding hydrogens is 496 g/mol. The SMILES string of the molecule is Nc1nc(/C(=N\OC(F)F)C(=O)NC2C(=O)N3C(C(=O)O)=C(C[n+]4ccccc4)CS[C@H]23)ns1. The van der Waals surface area contributed by atoms with Crippen LogP contribution in [-0.2, 0) is 25.8 Å². The molecule has 0 bridgehead atoms. The molecule has 0 aromatic carbocycles. The van der Waals surface area contributed by atoms with Crippen LogP contribution in [-0.4, -0.2) is 66.6 Å². The summed E-state index contributed by atoms with van der Waals surface area (Å²) in [6, 6.07) is 4.29. The molecule has 0 saturated carbocycles. The number of fused-ring (bicyclic) bond motifs is 1. The van der Waals surface area contributed by atoms with Gasteiger partial charge < -0.3 is 21.0 Å². The number of thioether (sulfide) groups is 1. The number of aliphatic carboxylic acids is 1. The second-order valence-corrected chi connectivity index (χ2v) is 8.82. The molecule has 0 aliphatic carbocycles. The summed E-state index contributed by atoms with van der Waals surface area (Å²) in [5, 5.41) is 14.5. The van der Waals surface area contributed by atoms with Crippen LogP contribution in [0.5, 0.6) is 0 Å². The highest BCUT2D eigenvalue weighted by Crippen LogP contribution is 2.40. The zero-order chi connectivity index (χ0) is 24.4. The van der Waals surface area contributed by atoms with E-state index in [0.717, 1.165) is 4.90 Å². The minimum Gasteiger partial charge on any atom is -0.477 e. The fourth-order valence-electron chi connectivity index (χ4n) is 3.38. The predicted molar refractivity (Wildman–Crippen MR) is 114 cm³/mol. The van der Waals surface area contributed by atoms with Gasteiger partial charge in [-0.3, -0.25) is 14.5 Å². The number of nitrogens with one attached hydrogen (secondary N) is 1. The van der Waals surface area contributed by atoms with Gasteiger partial charge in [0.1, 0.15) is 17.1 Å². The second-order valence-electron chi connectivity index (χ2n) is 6.93. The van der Waals surface area contributed by atoms with E-state index in [4.69, 9.17) is 5.73 Å². The van der Waals surface area contributed by atoms with E-state index in [2.05, 4.69) is 24.7 Å². The summed E-state index contributed by atoms with van der Waals surface area (Å²) in [5.74, 6) is -3.05. The second kappa shape index (κ2) is 9.68. The average Bonchev–Trinajstić information content (AvgIpc) is 3.23. The van der Waals surface area contributed by atoms with Crippen LogP contribution in [0.25, 0.3) is 0 Å². The van der Waals surface area contributed by atoms with Gasteiger partial charge >= 0.3 is 12.6 Å². The lowest BCUT2D eigenvalue weighted by molar-refractivity contribution is -0.689. The number of carboxylic acids is 1. The molecule has 4 N–H and O–H groups in total. The Hall–Kier alpha value is -3.66. The molecule has 1 unspecified atom stereocenters. The van der Waals surface area contributed by atoms with Crippen LogP contribution in [0, 0.1) is 0 Å². The van der Waals surface area contributed by atoms with Crippen LogP contribution >= 0.6 is 23.3 Å². The van der Waals surface area contributed by atoms with Gasteiger partial charge in [-0.25, -0.2) is 9.36 Å². The van der Waals surface area contributed by atoms with Gasteiger partial charge in [-0.2, -0.15) is 18.1 Å². The number of halogens is 2. The third kappa shape index (κ3) is 4.67. The largest absolute Gasteiger partial charge is 0.477 e. The first-order valence-corrected chi connectivity index (χ1v) is 11.3. The van der Waals surface area contributed by atoms with Crippen LogP contribution in [0.15, 0.2) is 47.0 Å². The number of aromatic nitrogens is 3. The minimum absolute atomic E-state index is 0.0404. The summed E-state index contributed by atoms with van der Waals surface area (Å²) < 4.78 is 30.5. The van der Waals surface area contributed by atoms with Gasteiger partial charge in [-0.05, 0) is 0 Å². The highest BCUT2D eigenvalue weighted by atomic mass is 32.2. The number of carbonyl (C=O) groups is 3. The monoisotopic (exact) mass is 512 g/mol. The first kappa shape index (κ1) is 23.5. The van der Waals surface area contributed by atoms with Crippen LogP contribution in [0.3, 0.4) is 0 Å². The maximum atomic E-state index is 12.8. The van der Waals surface area contributed by atoms with Gasteiger partial charge in [0, 0.05) is 35.0 Å². The molecule has 4 heterocycles. The minimum atomic E-state index is -3.31. The molecule has 2 aliphatic heterocycles. The third-order valence-electron chi connectivity index (χ3n) is 4.78. The standard InChI is InChI=1S/C18H15F2N7O5S2/c19-17(20)32-24-9(12-23-18(21)34-25-12)13(28)22-10-14(29)27-11(16(30)31)8(7-33-15(10)27)6-26-4-2-1-3-5-26/h1-5,10,15,17H,6-7H2,(H3-,21,22,23,25,28,30,31)/p+1/b24-9+/t10?,15-/m1/s1. The Bertz CT molecular complexity index is 1190. The molecule has 2 atom stereocenters. The first-order valence-electron chi connectivity index (χ1n) is 9.52. The number of alkyl halides is 2. The van der Waals surface area contributed by atoms with Crippen LogP contribution in [0.2, 0.25) is 0 Å². The lowest BCUT2D eigenvalue weighted by Gasteiger charge is -2.49. The van der Waals surface area contributed by atoms with Crippen molar-refractivity contribution in [3.8, 4) is 0 Å². The summed E-state index contributed by atoms with van der Waals surface area (Å²) in [6.07, 6.45) is 3.54. The number of rotatable bonds is 8. The Morgan fingerprint density at radius 3 is 2.74 bits per heavy atom. The van der Waals surface area contributed by atoms with Crippen LogP contribution in [0.4, 0.5) is 13.9 Å². The lowest BCUT2D eigenvalue weighted by atomic mass is 10.0. The van der Waals surface area contributed by atoms with Crippen molar-refractivity contribution in [2.45, 2.75) is 24.6 Å². The number of pyridine rings is 1. The molecule has 4 rings (SSSR count). The Labute approximate surface area is 198 Å². The molecule has 34 heavy (non-hydrogen) atoms. The highest BCUT2D eigenvalue weighted by Gasteiger charge is 2.54. The molecule has 0 spiro atoms. The molecule has 2 aromatic heterocycles. The number of nitrogens with zero attached hydrogens (tertiary/aromatic N) is 5. The average molecular weight is 513 g/mol. The highest BCUT2D eigenvalue weighted by molar-refractivity contribution is 8.00. The van der Waals surface area contributed by atoms with E-state index in [0.29, 0.717) is 22.9 Å². The molecule has 16 heteroatoms. The number of carbonyl (C=O) groups excluding carboxylic acids is 2. The van der Waals surface area contributed by atoms with Gasteiger partial charge in [-0.1, -0.05) is 11.2 Å². The van der Waals surface area contributed by atoms with E-state index < -0.39 is 41.5 Å². The fraction of sp³-hybridized carbons (Fsp3) is 0.278. The Balaban J connectivity index is 1.53. The van der Waals surface area contributed by atoms with E-state index in [9.17, 15) is 28.3 Å². The number of carboxylic acid groups (broad SMARTS) is 1. The van der Waals surface area contributed by atoms with Gasteiger partial charge in [0.25, 0.3) is 11.8 Å². The molecule has 178 valence electrons. The third-order valence-corrected chi connectivity index (χ3v) is 6.66. The summed E-state index contributed by atoms with van der Waals surface area (Å²) >= 11 is 1.97. The van der Waals surface area contributed by atoms with E-state index in [-0.39, 0.29) is 23.2 Å². The van der Waals surface area contributed by atoms with E-state index in [1.165, 1.54) is 11.8 Å². The summed E-state index contributed by atoms with van der Waals surface area (Å²) in [5.41, 5.74) is 5.15. The Morgan fingerprint density at radius 1 is 1.38 bits per heavy atom. The Kier molecular flexibility index (Phi) is 6.69. The van der Waals surface area contributed by atoms with E-state index in [1.54, 1.807) is 29.1 Å². The number of amides is 2. The predicted octanol–water partition coefficient (Wildman–Crippen LogP) is -0.210.